The lowest BCUT2D eigenvalue weighted by atomic mass is 9.94. The summed E-state index contributed by atoms with van der Waals surface area (Å²) in [5, 5.41) is 3.60. The minimum Gasteiger partial charge on any atom is -0.495 e. The Kier molecular flexibility index (Phi) is 6.70. The smallest absolute Gasteiger partial charge is 0.257 e. The highest BCUT2D eigenvalue weighted by Crippen LogP contribution is 2.26. The number of para-hydroxylation sites is 2. The van der Waals surface area contributed by atoms with Crippen LogP contribution in [0.1, 0.15) is 11.6 Å². The highest BCUT2D eigenvalue weighted by atomic mass is 35.5. The molecule has 148 valence electrons. The molecule has 2 aromatic carbocycles. The summed E-state index contributed by atoms with van der Waals surface area (Å²) in [4.78, 5) is 24.6. The fourth-order valence-electron chi connectivity index (χ4n) is 2.96. The number of benzene rings is 2. The second-order valence-corrected chi connectivity index (χ2v) is 6.69. The second-order valence-electron chi connectivity index (χ2n) is 6.25. The van der Waals surface area contributed by atoms with E-state index < -0.39 is 0 Å². The molecule has 2 aromatic rings. The fraction of sp³-hybridized carbons (Fsp3) is 0.263. The summed E-state index contributed by atoms with van der Waals surface area (Å²) < 4.78 is 5.22. The highest BCUT2D eigenvalue weighted by molar-refractivity contribution is 6.30. The minimum absolute atomic E-state index is 0.0115. The molecule has 1 saturated heterocycles. The van der Waals surface area contributed by atoms with Crippen molar-refractivity contribution in [3.63, 3.8) is 0 Å². The molecule has 0 spiro atoms. The van der Waals surface area contributed by atoms with Crippen molar-refractivity contribution >= 4 is 29.1 Å². The van der Waals surface area contributed by atoms with Crippen LogP contribution in [-0.4, -0.2) is 32.0 Å². The molecule has 1 fully saturated rings. The topological polar surface area (TPSA) is 104 Å². The van der Waals surface area contributed by atoms with Gasteiger partial charge in [-0.2, -0.15) is 0 Å². The number of nitrogens with one attached hydrogen (secondary N) is 5. The van der Waals surface area contributed by atoms with E-state index in [2.05, 4.69) is 27.0 Å². The first-order chi connectivity index (χ1) is 13.6. The normalized spacial score (nSPS) is 18.4. The Morgan fingerprint density at radius 3 is 2.64 bits per heavy atom. The molecule has 0 saturated carbocycles. The number of amides is 2. The Morgan fingerprint density at radius 2 is 1.89 bits per heavy atom. The number of hydrogen-bond acceptors (Lipinski definition) is 6. The van der Waals surface area contributed by atoms with Gasteiger partial charge in [-0.25, -0.2) is 5.43 Å². The van der Waals surface area contributed by atoms with Gasteiger partial charge in [-0.1, -0.05) is 35.9 Å². The van der Waals surface area contributed by atoms with Crippen molar-refractivity contribution in [1.82, 2.24) is 21.7 Å². The number of carbonyl (C=O) groups excluding carboxylic acids is 2. The Morgan fingerprint density at radius 1 is 1.14 bits per heavy atom. The maximum atomic E-state index is 12.5. The monoisotopic (exact) mass is 403 g/mol. The molecule has 1 heterocycles. The minimum atomic E-state index is -0.386. The fourth-order valence-corrected chi connectivity index (χ4v) is 3.09. The van der Waals surface area contributed by atoms with Crippen LogP contribution >= 0.6 is 11.6 Å². The Bertz CT molecular complexity index is 831. The van der Waals surface area contributed by atoms with Gasteiger partial charge < -0.3 is 10.1 Å². The molecule has 5 N–H and O–H groups in total. The van der Waals surface area contributed by atoms with E-state index >= 15 is 0 Å². The number of halogens is 1. The van der Waals surface area contributed by atoms with Crippen LogP contribution < -0.4 is 31.8 Å². The lowest BCUT2D eigenvalue weighted by Crippen LogP contribution is -2.47. The van der Waals surface area contributed by atoms with Crippen molar-refractivity contribution < 1.29 is 14.3 Å². The van der Waals surface area contributed by atoms with Crippen molar-refractivity contribution in [1.29, 1.82) is 0 Å². The van der Waals surface area contributed by atoms with Crippen molar-refractivity contribution in [3.05, 3.63) is 59.1 Å². The van der Waals surface area contributed by atoms with E-state index in [9.17, 15) is 9.59 Å². The summed E-state index contributed by atoms with van der Waals surface area (Å²) >= 11 is 5.92. The Hall–Kier alpha value is -2.81. The van der Waals surface area contributed by atoms with Crippen molar-refractivity contribution in [2.24, 2.45) is 5.92 Å². The molecule has 2 unspecified atom stereocenters. The number of carbonyl (C=O) groups is 2. The number of anilines is 1. The quantitative estimate of drug-likeness (QED) is 0.467. The standard InChI is InChI=1S/C19H22ClN5O3/c1-28-16-5-3-2-4-15(16)21-11-17(26)23-25-19(27)14-10-22-24-18(14)12-6-8-13(20)9-7-12/h2-9,14,18,21-22,24H,10-11H2,1H3,(H,23,26)(H,25,27). The first-order valence-electron chi connectivity index (χ1n) is 8.78. The van der Waals surface area contributed by atoms with Gasteiger partial charge in [0, 0.05) is 11.6 Å². The van der Waals surface area contributed by atoms with Gasteiger partial charge in [0.25, 0.3) is 5.91 Å². The molecule has 2 amide bonds. The predicted octanol–water partition coefficient (Wildman–Crippen LogP) is 1.37. The lowest BCUT2D eigenvalue weighted by Gasteiger charge is -2.19. The van der Waals surface area contributed by atoms with Crippen LogP contribution in [0, 0.1) is 5.92 Å². The van der Waals surface area contributed by atoms with Gasteiger partial charge in [-0.15, -0.1) is 0 Å². The van der Waals surface area contributed by atoms with E-state index in [1.807, 2.05) is 24.3 Å². The molecule has 0 radical (unpaired) electrons. The molecule has 3 rings (SSSR count). The molecule has 0 aliphatic carbocycles. The van der Waals surface area contributed by atoms with E-state index in [1.54, 1.807) is 31.4 Å². The average Bonchev–Trinajstić information content (AvgIpc) is 3.21. The van der Waals surface area contributed by atoms with Crippen LogP contribution in [0.3, 0.4) is 0 Å². The molecule has 0 aromatic heterocycles. The molecule has 1 aliphatic rings. The Balaban J connectivity index is 1.50. The van der Waals surface area contributed by atoms with E-state index in [4.69, 9.17) is 16.3 Å². The maximum absolute atomic E-state index is 12.5. The number of hydrogen-bond donors (Lipinski definition) is 5. The summed E-state index contributed by atoms with van der Waals surface area (Å²) in [7, 11) is 1.56. The van der Waals surface area contributed by atoms with Gasteiger partial charge in [0.15, 0.2) is 0 Å². The zero-order valence-electron chi connectivity index (χ0n) is 15.3. The lowest BCUT2D eigenvalue weighted by molar-refractivity contribution is -0.130. The van der Waals surface area contributed by atoms with Crippen LogP contribution in [0.25, 0.3) is 0 Å². The highest BCUT2D eigenvalue weighted by Gasteiger charge is 2.34. The third kappa shape index (κ3) is 4.92. The first-order valence-corrected chi connectivity index (χ1v) is 9.15. The van der Waals surface area contributed by atoms with E-state index in [0.29, 0.717) is 23.0 Å². The second kappa shape index (κ2) is 9.41. The summed E-state index contributed by atoms with van der Waals surface area (Å²) in [5.41, 5.74) is 12.6. The largest absolute Gasteiger partial charge is 0.495 e. The Labute approximate surface area is 167 Å². The predicted molar refractivity (Wildman–Crippen MR) is 107 cm³/mol. The maximum Gasteiger partial charge on any atom is 0.257 e. The molecule has 9 heteroatoms. The van der Waals surface area contributed by atoms with Gasteiger partial charge >= 0.3 is 0 Å². The molecule has 2 atom stereocenters. The van der Waals surface area contributed by atoms with E-state index in [-0.39, 0.29) is 30.3 Å². The molecule has 1 aliphatic heterocycles. The average molecular weight is 404 g/mol. The van der Waals surface area contributed by atoms with Crippen LogP contribution in [0.4, 0.5) is 5.69 Å². The molecule has 0 bridgehead atoms. The van der Waals surface area contributed by atoms with Gasteiger partial charge in [-0.3, -0.25) is 25.9 Å². The number of ether oxygens (including phenoxy) is 1. The van der Waals surface area contributed by atoms with Crippen molar-refractivity contribution in [2.45, 2.75) is 6.04 Å². The summed E-state index contributed by atoms with van der Waals surface area (Å²) in [6.45, 7) is 0.427. The van der Waals surface area contributed by atoms with Crippen LogP contribution in [0.2, 0.25) is 5.02 Å². The van der Waals surface area contributed by atoms with E-state index in [1.165, 1.54) is 0 Å². The zero-order chi connectivity index (χ0) is 19.9. The number of hydrazine groups is 2. The van der Waals surface area contributed by atoms with Gasteiger partial charge in [-0.05, 0) is 29.8 Å². The molecular formula is C19H22ClN5O3. The number of rotatable bonds is 6. The van der Waals surface area contributed by atoms with Crippen LogP contribution in [0.15, 0.2) is 48.5 Å². The zero-order valence-corrected chi connectivity index (χ0v) is 16.0. The van der Waals surface area contributed by atoms with Crippen molar-refractivity contribution in [3.8, 4) is 5.75 Å². The molecular weight excluding hydrogens is 382 g/mol. The summed E-state index contributed by atoms with van der Waals surface area (Å²) in [5.74, 6) is -0.416. The first kappa shape index (κ1) is 19.9. The molecule has 8 nitrogen and oxygen atoms in total. The van der Waals surface area contributed by atoms with E-state index in [0.717, 1.165) is 5.56 Å². The van der Waals surface area contributed by atoms with Gasteiger partial charge in [0.05, 0.1) is 31.3 Å². The molecule has 28 heavy (non-hydrogen) atoms. The third-order valence-corrected chi connectivity index (χ3v) is 4.67. The SMILES string of the molecule is COc1ccccc1NCC(=O)NNC(=O)C1CNNC1c1ccc(Cl)cc1. The number of methoxy groups -OCH3 is 1. The van der Waals surface area contributed by atoms with Gasteiger partial charge in [0.1, 0.15) is 5.75 Å². The van der Waals surface area contributed by atoms with Gasteiger partial charge in [0.2, 0.25) is 5.91 Å². The third-order valence-electron chi connectivity index (χ3n) is 4.42. The van der Waals surface area contributed by atoms with Crippen LogP contribution in [0.5, 0.6) is 5.75 Å². The summed E-state index contributed by atoms with van der Waals surface area (Å²) in [6, 6.07) is 14.3. The summed E-state index contributed by atoms with van der Waals surface area (Å²) in [6.07, 6.45) is 0. The van der Waals surface area contributed by atoms with Crippen LogP contribution in [-0.2, 0) is 9.59 Å². The van der Waals surface area contributed by atoms with Crippen molar-refractivity contribution in [2.75, 3.05) is 25.5 Å².